The van der Waals surface area contributed by atoms with E-state index in [0.29, 0.717) is 5.92 Å². The molecule has 0 aliphatic carbocycles. The molecule has 0 spiro atoms. The van der Waals surface area contributed by atoms with E-state index in [1.165, 1.54) is 5.56 Å². The summed E-state index contributed by atoms with van der Waals surface area (Å²) in [6, 6.07) is 8.13. The fraction of sp³-hybridized carbons (Fsp3) is 0.533. The van der Waals surface area contributed by atoms with Gasteiger partial charge in [0.1, 0.15) is 0 Å². The Morgan fingerprint density at radius 1 is 1.24 bits per heavy atom. The summed E-state index contributed by atoms with van der Waals surface area (Å²) < 4.78 is 0. The number of nitrogens with one attached hydrogen (secondary N) is 1. The first kappa shape index (κ1) is 13.8. The van der Waals surface area contributed by atoms with E-state index in [-0.39, 0.29) is 11.3 Å². The summed E-state index contributed by atoms with van der Waals surface area (Å²) in [5.74, 6) is 0.621. The van der Waals surface area contributed by atoms with Gasteiger partial charge in [-0.15, -0.1) is 0 Å². The summed E-state index contributed by atoms with van der Waals surface area (Å²) in [4.78, 5) is 11.8. The van der Waals surface area contributed by atoms with Gasteiger partial charge in [-0.25, -0.2) is 0 Å². The normalized spacial score (nSPS) is 13.2. The molecule has 0 aliphatic heterocycles. The Labute approximate surface area is 104 Å². The molecule has 17 heavy (non-hydrogen) atoms. The second kappa shape index (κ2) is 5.35. The summed E-state index contributed by atoms with van der Waals surface area (Å²) in [7, 11) is 0. The van der Waals surface area contributed by atoms with Gasteiger partial charge in [0.25, 0.3) is 0 Å². The van der Waals surface area contributed by atoms with Gasteiger partial charge in [0.2, 0.25) is 5.91 Å². The first-order valence-electron chi connectivity index (χ1n) is 6.26. The third-order valence-corrected chi connectivity index (χ3v) is 3.03. The van der Waals surface area contributed by atoms with Crippen molar-refractivity contribution in [2.45, 2.75) is 47.0 Å². The van der Waals surface area contributed by atoms with Crippen LogP contribution in [0.5, 0.6) is 0 Å². The lowest BCUT2D eigenvalue weighted by molar-refractivity contribution is -0.123. The van der Waals surface area contributed by atoms with Crippen LogP contribution in [0.25, 0.3) is 0 Å². The van der Waals surface area contributed by atoms with Crippen LogP contribution in [-0.2, 0) is 4.79 Å². The average Bonchev–Trinajstić information content (AvgIpc) is 2.27. The van der Waals surface area contributed by atoms with Gasteiger partial charge in [-0.1, -0.05) is 46.8 Å². The van der Waals surface area contributed by atoms with E-state index in [9.17, 15) is 4.79 Å². The van der Waals surface area contributed by atoms with Crippen LogP contribution in [-0.4, -0.2) is 5.91 Å². The standard InChI is InChI=1S/C15H23NO/c1-6-11(2)12-7-9-13(10-8-12)16-14(17)15(3,4)5/h7-11H,6H2,1-5H3,(H,16,17). The van der Waals surface area contributed by atoms with Gasteiger partial charge in [0, 0.05) is 11.1 Å². The number of carbonyl (C=O) groups excluding carboxylic acids is 1. The van der Waals surface area contributed by atoms with Crippen LogP contribution in [0.4, 0.5) is 5.69 Å². The van der Waals surface area contributed by atoms with Crippen LogP contribution in [0.1, 0.15) is 52.5 Å². The first-order valence-corrected chi connectivity index (χ1v) is 6.26. The number of amides is 1. The van der Waals surface area contributed by atoms with Crippen LogP contribution in [0.15, 0.2) is 24.3 Å². The smallest absolute Gasteiger partial charge is 0.229 e. The molecule has 0 fully saturated rings. The molecule has 2 nitrogen and oxygen atoms in total. The number of hydrogen-bond donors (Lipinski definition) is 1. The third kappa shape index (κ3) is 3.88. The van der Waals surface area contributed by atoms with Gasteiger partial charge in [-0.2, -0.15) is 0 Å². The molecular formula is C15H23NO. The number of benzene rings is 1. The van der Waals surface area contributed by atoms with Crippen LogP contribution in [0.2, 0.25) is 0 Å². The minimum Gasteiger partial charge on any atom is -0.326 e. The van der Waals surface area contributed by atoms with Crippen LogP contribution < -0.4 is 5.32 Å². The van der Waals surface area contributed by atoms with E-state index >= 15 is 0 Å². The molecule has 1 aromatic rings. The zero-order chi connectivity index (χ0) is 13.1. The highest BCUT2D eigenvalue weighted by molar-refractivity contribution is 5.94. The summed E-state index contributed by atoms with van der Waals surface area (Å²) >= 11 is 0. The molecule has 1 rings (SSSR count). The summed E-state index contributed by atoms with van der Waals surface area (Å²) in [6.45, 7) is 10.1. The van der Waals surface area contributed by atoms with Gasteiger partial charge in [-0.3, -0.25) is 4.79 Å². The van der Waals surface area contributed by atoms with E-state index in [4.69, 9.17) is 0 Å². The average molecular weight is 233 g/mol. The molecule has 1 unspecified atom stereocenters. The molecule has 0 radical (unpaired) electrons. The minimum absolute atomic E-state index is 0.0498. The molecule has 0 aromatic heterocycles. The van der Waals surface area contributed by atoms with Gasteiger partial charge in [0.15, 0.2) is 0 Å². The second-order valence-corrected chi connectivity index (χ2v) is 5.64. The molecule has 0 bridgehead atoms. The Morgan fingerprint density at radius 2 is 1.76 bits per heavy atom. The minimum atomic E-state index is -0.352. The first-order chi connectivity index (χ1) is 7.84. The molecule has 94 valence electrons. The molecule has 1 N–H and O–H groups in total. The Balaban J connectivity index is 2.72. The van der Waals surface area contributed by atoms with Crippen molar-refractivity contribution in [3.63, 3.8) is 0 Å². The lowest BCUT2D eigenvalue weighted by Crippen LogP contribution is -2.27. The van der Waals surface area contributed by atoms with Crippen molar-refractivity contribution >= 4 is 11.6 Å². The molecule has 0 heterocycles. The molecule has 0 aliphatic rings. The zero-order valence-electron chi connectivity index (χ0n) is 11.5. The van der Waals surface area contributed by atoms with Crippen molar-refractivity contribution < 1.29 is 4.79 Å². The van der Waals surface area contributed by atoms with Gasteiger partial charge in [0.05, 0.1) is 0 Å². The van der Waals surface area contributed by atoms with E-state index in [0.717, 1.165) is 12.1 Å². The molecule has 0 saturated heterocycles. The summed E-state index contributed by atoms with van der Waals surface area (Å²) in [5.41, 5.74) is 1.84. The largest absolute Gasteiger partial charge is 0.326 e. The Kier molecular flexibility index (Phi) is 4.33. The van der Waals surface area contributed by atoms with Gasteiger partial charge >= 0.3 is 0 Å². The molecule has 2 heteroatoms. The number of carbonyl (C=O) groups is 1. The highest BCUT2D eigenvalue weighted by atomic mass is 16.2. The molecule has 0 saturated carbocycles. The maximum Gasteiger partial charge on any atom is 0.229 e. The monoisotopic (exact) mass is 233 g/mol. The maximum absolute atomic E-state index is 11.8. The van der Waals surface area contributed by atoms with E-state index in [2.05, 4.69) is 31.3 Å². The predicted molar refractivity (Wildman–Crippen MR) is 73.2 cm³/mol. The van der Waals surface area contributed by atoms with Gasteiger partial charge in [-0.05, 0) is 30.0 Å². The van der Waals surface area contributed by atoms with Crippen molar-refractivity contribution in [3.8, 4) is 0 Å². The van der Waals surface area contributed by atoms with Crippen molar-refractivity contribution in [2.75, 3.05) is 5.32 Å². The third-order valence-electron chi connectivity index (χ3n) is 3.03. The van der Waals surface area contributed by atoms with Gasteiger partial charge < -0.3 is 5.32 Å². The van der Waals surface area contributed by atoms with Crippen molar-refractivity contribution in [3.05, 3.63) is 29.8 Å². The highest BCUT2D eigenvalue weighted by Crippen LogP contribution is 2.22. The number of rotatable bonds is 3. The number of hydrogen-bond acceptors (Lipinski definition) is 1. The summed E-state index contributed by atoms with van der Waals surface area (Å²) in [5, 5.41) is 2.93. The van der Waals surface area contributed by atoms with E-state index in [1.807, 2.05) is 32.9 Å². The van der Waals surface area contributed by atoms with Crippen molar-refractivity contribution in [2.24, 2.45) is 5.41 Å². The summed E-state index contributed by atoms with van der Waals surface area (Å²) in [6.07, 6.45) is 1.13. The quantitative estimate of drug-likeness (QED) is 0.833. The maximum atomic E-state index is 11.8. The molecule has 1 atom stereocenters. The molecule has 1 amide bonds. The number of anilines is 1. The van der Waals surface area contributed by atoms with E-state index < -0.39 is 0 Å². The van der Waals surface area contributed by atoms with Crippen LogP contribution >= 0.6 is 0 Å². The lowest BCUT2D eigenvalue weighted by atomic mass is 9.95. The zero-order valence-corrected chi connectivity index (χ0v) is 11.5. The fourth-order valence-corrected chi connectivity index (χ4v) is 1.45. The Bertz CT molecular complexity index is 373. The Morgan fingerprint density at radius 3 is 2.18 bits per heavy atom. The van der Waals surface area contributed by atoms with E-state index in [1.54, 1.807) is 0 Å². The van der Waals surface area contributed by atoms with Crippen LogP contribution in [0, 0.1) is 5.41 Å². The van der Waals surface area contributed by atoms with Crippen LogP contribution in [0.3, 0.4) is 0 Å². The fourth-order valence-electron chi connectivity index (χ4n) is 1.45. The second-order valence-electron chi connectivity index (χ2n) is 5.64. The topological polar surface area (TPSA) is 29.1 Å². The lowest BCUT2D eigenvalue weighted by Gasteiger charge is -2.18. The SMILES string of the molecule is CCC(C)c1ccc(NC(=O)C(C)(C)C)cc1. The molecule has 1 aromatic carbocycles. The van der Waals surface area contributed by atoms with Crippen molar-refractivity contribution in [1.82, 2.24) is 0 Å². The Hall–Kier alpha value is -1.31. The van der Waals surface area contributed by atoms with Crippen molar-refractivity contribution in [1.29, 1.82) is 0 Å². The highest BCUT2D eigenvalue weighted by Gasteiger charge is 2.20. The molecular weight excluding hydrogens is 210 g/mol. The predicted octanol–water partition coefficient (Wildman–Crippen LogP) is 4.18.